The molecule has 0 aliphatic carbocycles. The molecule has 7 nitrogen and oxygen atoms in total. The lowest BCUT2D eigenvalue weighted by atomic mass is 10.1. The van der Waals surface area contributed by atoms with Crippen molar-refractivity contribution in [1.29, 1.82) is 0 Å². The third-order valence-corrected chi connectivity index (χ3v) is 4.58. The molecule has 2 heterocycles. The predicted molar refractivity (Wildman–Crippen MR) is 71.2 cm³/mol. The second kappa shape index (κ2) is 6.02. The number of hydrogen-bond donors (Lipinski definition) is 3. The van der Waals surface area contributed by atoms with Gasteiger partial charge in [0.05, 0.1) is 5.02 Å². The number of anilines is 1. The van der Waals surface area contributed by atoms with Gasteiger partial charge in [0.2, 0.25) is 10.0 Å². The van der Waals surface area contributed by atoms with E-state index in [2.05, 4.69) is 15.1 Å². The molecule has 1 fully saturated rings. The maximum absolute atomic E-state index is 12.2. The van der Waals surface area contributed by atoms with E-state index in [9.17, 15) is 8.42 Å². The number of halogens is 1. The van der Waals surface area contributed by atoms with Gasteiger partial charge in [-0.25, -0.2) is 24.0 Å². The van der Waals surface area contributed by atoms with Crippen LogP contribution in [0.25, 0.3) is 0 Å². The van der Waals surface area contributed by atoms with Crippen LogP contribution in [-0.4, -0.2) is 32.7 Å². The van der Waals surface area contributed by atoms with Crippen LogP contribution in [0.2, 0.25) is 5.02 Å². The topological polar surface area (TPSA) is 106 Å². The largest absolute Gasteiger partial charge is 0.381 e. The first-order valence-electron chi connectivity index (χ1n) is 5.75. The number of rotatable bonds is 4. The molecule has 0 amide bonds. The molecule has 9 heteroatoms. The van der Waals surface area contributed by atoms with Gasteiger partial charge in [-0.3, -0.25) is 0 Å². The zero-order valence-electron chi connectivity index (χ0n) is 10.1. The summed E-state index contributed by atoms with van der Waals surface area (Å²) >= 11 is 5.86. The molecule has 1 saturated heterocycles. The first-order valence-corrected chi connectivity index (χ1v) is 7.61. The molecule has 106 valence electrons. The Labute approximate surface area is 116 Å². The van der Waals surface area contributed by atoms with Crippen molar-refractivity contribution in [3.63, 3.8) is 0 Å². The molecule has 1 aromatic heterocycles. The Morgan fingerprint density at radius 2 is 2.11 bits per heavy atom. The zero-order chi connectivity index (χ0) is 13.9. The van der Waals surface area contributed by atoms with Gasteiger partial charge >= 0.3 is 0 Å². The number of nitrogens with one attached hydrogen (secondary N) is 2. The number of hydrazine groups is 1. The maximum atomic E-state index is 12.2. The zero-order valence-corrected chi connectivity index (χ0v) is 11.7. The minimum Gasteiger partial charge on any atom is -0.381 e. The molecule has 0 bridgehead atoms. The van der Waals surface area contributed by atoms with Crippen LogP contribution in [0.4, 0.5) is 5.82 Å². The van der Waals surface area contributed by atoms with Gasteiger partial charge in [-0.15, -0.1) is 0 Å². The number of nitrogens with zero attached hydrogens (tertiary/aromatic N) is 1. The average Bonchev–Trinajstić information content (AvgIpc) is 2.39. The summed E-state index contributed by atoms with van der Waals surface area (Å²) < 4.78 is 32.1. The van der Waals surface area contributed by atoms with Gasteiger partial charge in [0.15, 0.2) is 5.82 Å². The number of sulfonamides is 1. The lowest BCUT2D eigenvalue weighted by Crippen LogP contribution is -2.38. The predicted octanol–water partition coefficient (Wildman–Crippen LogP) is 0.478. The fourth-order valence-corrected chi connectivity index (χ4v) is 3.34. The van der Waals surface area contributed by atoms with E-state index in [-0.39, 0.29) is 21.8 Å². The van der Waals surface area contributed by atoms with E-state index in [4.69, 9.17) is 22.2 Å². The normalized spacial score (nSPS) is 17.4. The van der Waals surface area contributed by atoms with Crippen LogP contribution in [0, 0.1) is 0 Å². The molecular weight excluding hydrogens is 292 g/mol. The first-order chi connectivity index (χ1) is 9.03. The van der Waals surface area contributed by atoms with Gasteiger partial charge in [0.25, 0.3) is 0 Å². The number of hydrogen-bond acceptors (Lipinski definition) is 6. The molecule has 4 N–H and O–H groups in total. The highest BCUT2D eigenvalue weighted by atomic mass is 35.5. The van der Waals surface area contributed by atoms with Crippen LogP contribution >= 0.6 is 11.6 Å². The fourth-order valence-electron chi connectivity index (χ4n) is 1.78. The van der Waals surface area contributed by atoms with Crippen molar-refractivity contribution in [1.82, 2.24) is 9.71 Å². The van der Waals surface area contributed by atoms with Crippen molar-refractivity contribution in [3.05, 3.63) is 17.3 Å². The molecule has 1 aliphatic heterocycles. The van der Waals surface area contributed by atoms with Crippen LogP contribution in [0.15, 0.2) is 17.2 Å². The van der Waals surface area contributed by atoms with E-state index in [1.165, 1.54) is 12.3 Å². The van der Waals surface area contributed by atoms with Crippen molar-refractivity contribution >= 4 is 27.4 Å². The van der Waals surface area contributed by atoms with Crippen LogP contribution in [0.5, 0.6) is 0 Å². The van der Waals surface area contributed by atoms with Crippen molar-refractivity contribution in [2.75, 3.05) is 18.6 Å². The molecule has 2 rings (SSSR count). The number of pyridine rings is 1. The average molecular weight is 307 g/mol. The summed E-state index contributed by atoms with van der Waals surface area (Å²) in [5.41, 5.74) is 2.28. The minimum absolute atomic E-state index is 0.0167. The molecule has 0 unspecified atom stereocenters. The Morgan fingerprint density at radius 3 is 2.68 bits per heavy atom. The Bertz CT molecular complexity index is 546. The van der Waals surface area contributed by atoms with Crippen molar-refractivity contribution in [2.24, 2.45) is 5.84 Å². The monoisotopic (exact) mass is 306 g/mol. The van der Waals surface area contributed by atoms with E-state index in [0.717, 1.165) is 0 Å². The molecule has 0 aromatic carbocycles. The number of aromatic nitrogens is 1. The Morgan fingerprint density at radius 1 is 1.42 bits per heavy atom. The third-order valence-electron chi connectivity index (χ3n) is 2.81. The third kappa shape index (κ3) is 3.54. The fraction of sp³-hybridized carbons (Fsp3) is 0.500. The summed E-state index contributed by atoms with van der Waals surface area (Å²) in [4.78, 5) is 3.86. The van der Waals surface area contributed by atoms with Crippen LogP contribution < -0.4 is 16.0 Å². The Hall–Kier alpha value is -0.930. The number of nitrogens with two attached hydrogens (primary N) is 1. The summed E-state index contributed by atoms with van der Waals surface area (Å²) in [5, 5.41) is 0.150. The smallest absolute Gasteiger partial charge is 0.242 e. The lowest BCUT2D eigenvalue weighted by molar-refractivity contribution is 0.0832. The van der Waals surface area contributed by atoms with Gasteiger partial charge in [0, 0.05) is 25.5 Å². The molecule has 1 aliphatic rings. The highest BCUT2D eigenvalue weighted by Gasteiger charge is 2.23. The van der Waals surface area contributed by atoms with Gasteiger partial charge in [0.1, 0.15) is 4.90 Å². The maximum Gasteiger partial charge on any atom is 0.242 e. The molecule has 1 aromatic rings. The molecule has 0 saturated carbocycles. The van der Waals surface area contributed by atoms with Crippen LogP contribution in [0.1, 0.15) is 12.8 Å². The van der Waals surface area contributed by atoms with E-state index in [1.54, 1.807) is 0 Å². The van der Waals surface area contributed by atoms with Crippen LogP contribution in [-0.2, 0) is 14.8 Å². The van der Waals surface area contributed by atoms with Gasteiger partial charge in [-0.05, 0) is 18.9 Å². The summed E-state index contributed by atoms with van der Waals surface area (Å²) in [6, 6.07) is 1.19. The lowest BCUT2D eigenvalue weighted by Gasteiger charge is -2.22. The van der Waals surface area contributed by atoms with Gasteiger partial charge < -0.3 is 10.2 Å². The molecule has 0 spiro atoms. The highest BCUT2D eigenvalue weighted by molar-refractivity contribution is 7.89. The molecule has 0 atom stereocenters. The Balaban J connectivity index is 2.16. The number of nitrogen functional groups attached to an aromatic ring is 1. The van der Waals surface area contributed by atoms with E-state index in [1.807, 2.05) is 0 Å². The van der Waals surface area contributed by atoms with Crippen LogP contribution in [0.3, 0.4) is 0 Å². The standard InChI is InChI=1S/C10H15ClN4O3S/c11-9-5-8(6-13-10(9)14-12)19(16,17)15-7-1-3-18-4-2-7/h5-7,15H,1-4,12H2,(H,13,14). The second-order valence-corrected chi connectivity index (χ2v) is 6.27. The highest BCUT2D eigenvalue weighted by Crippen LogP contribution is 2.22. The van der Waals surface area contributed by atoms with E-state index >= 15 is 0 Å². The second-order valence-electron chi connectivity index (χ2n) is 4.15. The van der Waals surface area contributed by atoms with Gasteiger partial charge in [-0.1, -0.05) is 11.6 Å². The Kier molecular flexibility index (Phi) is 4.58. The van der Waals surface area contributed by atoms with Crippen molar-refractivity contribution in [3.8, 4) is 0 Å². The molecular formula is C10H15ClN4O3S. The summed E-state index contributed by atoms with van der Waals surface area (Å²) in [6.07, 6.45) is 2.52. The summed E-state index contributed by atoms with van der Waals surface area (Å²) in [6.45, 7) is 1.12. The van der Waals surface area contributed by atoms with E-state index in [0.29, 0.717) is 26.1 Å². The summed E-state index contributed by atoms with van der Waals surface area (Å²) in [7, 11) is -3.63. The molecule has 0 radical (unpaired) electrons. The van der Waals surface area contributed by atoms with E-state index < -0.39 is 10.0 Å². The SMILES string of the molecule is NNc1ncc(S(=O)(=O)NC2CCOCC2)cc1Cl. The molecule has 19 heavy (non-hydrogen) atoms. The van der Waals surface area contributed by atoms with Crippen molar-refractivity contribution in [2.45, 2.75) is 23.8 Å². The number of ether oxygens (including phenoxy) is 1. The minimum atomic E-state index is -3.63. The quantitative estimate of drug-likeness (QED) is 0.552. The summed E-state index contributed by atoms with van der Waals surface area (Å²) in [5.74, 6) is 5.41. The first kappa shape index (κ1) is 14.5. The van der Waals surface area contributed by atoms with Gasteiger partial charge in [-0.2, -0.15) is 0 Å². The van der Waals surface area contributed by atoms with Crippen molar-refractivity contribution < 1.29 is 13.2 Å².